The van der Waals surface area contributed by atoms with Crippen molar-refractivity contribution in [1.29, 1.82) is 0 Å². The van der Waals surface area contributed by atoms with E-state index in [1.54, 1.807) is 42.5 Å². The van der Waals surface area contributed by atoms with Gasteiger partial charge in [-0.25, -0.2) is 13.2 Å². The molecule has 1 aromatic heterocycles. The summed E-state index contributed by atoms with van der Waals surface area (Å²) in [7, 11) is -1.94. The Morgan fingerprint density at radius 1 is 0.906 bits per heavy atom. The van der Waals surface area contributed by atoms with Crippen molar-refractivity contribution in [3.8, 4) is 11.5 Å². The van der Waals surface area contributed by atoms with Crippen LogP contribution in [-0.2, 0) is 9.84 Å². The first-order valence-electron chi connectivity index (χ1n) is 9.45. The fraction of sp³-hybridized carbons (Fsp3) is 0.0455. The third-order valence-corrected chi connectivity index (χ3v) is 6.00. The number of fused-ring (bicyclic) bond motifs is 1. The molecule has 0 radical (unpaired) electrons. The van der Waals surface area contributed by atoms with E-state index in [1.807, 2.05) is 0 Å². The molecule has 1 aliphatic rings. The second kappa shape index (κ2) is 8.52. The van der Waals surface area contributed by atoms with E-state index in [0.29, 0.717) is 28.4 Å². The summed E-state index contributed by atoms with van der Waals surface area (Å²) in [5, 5.41) is 8.92. The van der Waals surface area contributed by atoms with E-state index >= 15 is 0 Å². The van der Waals surface area contributed by atoms with Gasteiger partial charge < -0.3 is 20.7 Å². The summed E-state index contributed by atoms with van der Waals surface area (Å²) >= 11 is 0. The van der Waals surface area contributed by atoms with Crippen molar-refractivity contribution in [2.75, 3.05) is 17.7 Å². The van der Waals surface area contributed by atoms with Crippen LogP contribution < -0.4 is 20.7 Å². The molecule has 0 bridgehead atoms. The number of rotatable bonds is 5. The molecule has 0 aliphatic carbocycles. The number of nitrogens with zero attached hydrogens (tertiary/aromatic N) is 1. The number of nitrogens with one attached hydrogen (secondary N) is 3. The van der Waals surface area contributed by atoms with E-state index in [-0.39, 0.29) is 16.5 Å². The fourth-order valence-corrected chi connectivity index (χ4v) is 4.22. The monoisotopic (exact) mass is 450 g/mol. The number of benzene rings is 2. The predicted molar refractivity (Wildman–Crippen MR) is 119 cm³/mol. The van der Waals surface area contributed by atoms with Gasteiger partial charge in [-0.2, -0.15) is 0 Å². The standard InChI is InChI=1S/C22H18N4O5S/c1-23-21(27)19-13-18(8-10-24-19)31-17-6-4-15(5-7-17)25-22(28)26-16-3-2-14-9-11-32(29,30)20(14)12-16/h2-13H,1H3,(H,23,27)(H2,25,26,28). The number of pyridine rings is 1. The van der Waals surface area contributed by atoms with Gasteiger partial charge in [0.1, 0.15) is 17.2 Å². The maximum Gasteiger partial charge on any atom is 0.323 e. The lowest BCUT2D eigenvalue weighted by molar-refractivity contribution is 0.0957. The van der Waals surface area contributed by atoms with E-state index in [2.05, 4.69) is 20.9 Å². The SMILES string of the molecule is CNC(=O)c1cc(Oc2ccc(NC(=O)Nc3ccc4c(c3)S(=O)(=O)C=C4)cc2)ccn1. The molecule has 2 aromatic carbocycles. The molecule has 10 heteroatoms. The maximum atomic E-state index is 12.3. The lowest BCUT2D eigenvalue weighted by Gasteiger charge is -2.10. The van der Waals surface area contributed by atoms with E-state index < -0.39 is 15.9 Å². The predicted octanol–water partition coefficient (Wildman–Crippen LogP) is 3.64. The number of urea groups is 1. The highest BCUT2D eigenvalue weighted by atomic mass is 32.2. The summed E-state index contributed by atoms with van der Waals surface area (Å²) in [5.41, 5.74) is 1.68. The van der Waals surface area contributed by atoms with Crippen LogP contribution in [0.15, 0.2) is 71.1 Å². The van der Waals surface area contributed by atoms with Gasteiger partial charge in [0, 0.05) is 36.1 Å². The molecule has 4 rings (SSSR count). The van der Waals surface area contributed by atoms with Crippen LogP contribution in [0, 0.1) is 0 Å². The van der Waals surface area contributed by atoms with Gasteiger partial charge in [0.25, 0.3) is 5.91 Å². The quantitative estimate of drug-likeness (QED) is 0.545. The number of amides is 3. The van der Waals surface area contributed by atoms with Crippen LogP contribution in [-0.4, -0.2) is 32.4 Å². The van der Waals surface area contributed by atoms with Crippen LogP contribution >= 0.6 is 0 Å². The molecule has 0 unspecified atom stereocenters. The summed E-state index contributed by atoms with van der Waals surface area (Å²) in [6.07, 6.45) is 2.99. The average molecular weight is 450 g/mol. The Bertz CT molecular complexity index is 1330. The Hall–Kier alpha value is -4.18. The molecule has 0 spiro atoms. The Morgan fingerprint density at radius 2 is 1.62 bits per heavy atom. The molecule has 0 saturated carbocycles. The van der Waals surface area contributed by atoms with Gasteiger partial charge in [0.15, 0.2) is 0 Å². The molecule has 3 amide bonds. The van der Waals surface area contributed by atoms with E-state index in [1.165, 1.54) is 31.5 Å². The van der Waals surface area contributed by atoms with E-state index in [0.717, 1.165) is 5.41 Å². The molecule has 162 valence electrons. The highest BCUT2D eigenvalue weighted by molar-refractivity contribution is 7.94. The molecule has 0 atom stereocenters. The third kappa shape index (κ3) is 4.60. The Labute approximate surface area is 184 Å². The van der Waals surface area contributed by atoms with Gasteiger partial charge in [0.2, 0.25) is 9.84 Å². The maximum absolute atomic E-state index is 12.3. The normalized spacial score (nSPS) is 13.2. The number of carbonyl (C=O) groups is 2. The summed E-state index contributed by atoms with van der Waals surface area (Å²) < 4.78 is 29.6. The van der Waals surface area contributed by atoms with Crippen molar-refractivity contribution in [1.82, 2.24) is 10.3 Å². The van der Waals surface area contributed by atoms with Crippen LogP contribution in [0.5, 0.6) is 11.5 Å². The topological polar surface area (TPSA) is 126 Å². The van der Waals surface area contributed by atoms with Gasteiger partial charge in [-0.05, 0) is 54.1 Å². The first-order valence-corrected chi connectivity index (χ1v) is 11.0. The van der Waals surface area contributed by atoms with Crippen LogP contribution in [0.25, 0.3) is 6.08 Å². The Kier molecular flexibility index (Phi) is 5.61. The largest absolute Gasteiger partial charge is 0.457 e. The number of aromatic nitrogens is 1. The molecule has 9 nitrogen and oxygen atoms in total. The molecule has 32 heavy (non-hydrogen) atoms. The summed E-state index contributed by atoms with van der Waals surface area (Å²) in [5.74, 6) is 0.623. The number of hydrogen-bond acceptors (Lipinski definition) is 6. The van der Waals surface area contributed by atoms with Crippen molar-refractivity contribution in [2.45, 2.75) is 4.90 Å². The zero-order valence-electron chi connectivity index (χ0n) is 16.8. The lowest BCUT2D eigenvalue weighted by atomic mass is 10.2. The van der Waals surface area contributed by atoms with Crippen molar-refractivity contribution in [3.05, 3.63) is 77.5 Å². The highest BCUT2D eigenvalue weighted by Gasteiger charge is 2.21. The summed E-state index contributed by atoms with van der Waals surface area (Å²) in [4.78, 5) is 28.1. The van der Waals surface area contributed by atoms with Crippen LogP contribution in [0.3, 0.4) is 0 Å². The first-order chi connectivity index (χ1) is 15.3. The highest BCUT2D eigenvalue weighted by Crippen LogP contribution is 2.29. The Morgan fingerprint density at radius 3 is 2.38 bits per heavy atom. The minimum atomic E-state index is -3.45. The van der Waals surface area contributed by atoms with Crippen molar-refractivity contribution >= 4 is 39.2 Å². The van der Waals surface area contributed by atoms with Gasteiger partial charge >= 0.3 is 6.03 Å². The first kappa shape index (κ1) is 21.1. The minimum Gasteiger partial charge on any atom is -0.457 e. The molecule has 3 aromatic rings. The van der Waals surface area contributed by atoms with Crippen molar-refractivity contribution in [3.63, 3.8) is 0 Å². The smallest absolute Gasteiger partial charge is 0.323 e. The van der Waals surface area contributed by atoms with Gasteiger partial charge in [-0.1, -0.05) is 6.07 Å². The number of anilines is 2. The summed E-state index contributed by atoms with van der Waals surface area (Å²) in [6, 6.07) is 13.9. The lowest BCUT2D eigenvalue weighted by Crippen LogP contribution is -2.19. The Balaban J connectivity index is 1.38. The molecular weight excluding hydrogens is 432 g/mol. The third-order valence-electron chi connectivity index (χ3n) is 4.54. The number of ether oxygens (including phenoxy) is 1. The van der Waals surface area contributed by atoms with Crippen LogP contribution in [0.1, 0.15) is 16.1 Å². The number of carbonyl (C=O) groups excluding carboxylic acids is 2. The van der Waals surface area contributed by atoms with E-state index in [4.69, 9.17) is 4.74 Å². The molecule has 0 saturated heterocycles. The van der Waals surface area contributed by atoms with Crippen molar-refractivity contribution < 1.29 is 22.7 Å². The molecule has 1 aliphatic heterocycles. The molecular formula is C22H18N4O5S. The van der Waals surface area contributed by atoms with Crippen LogP contribution in [0.4, 0.5) is 16.2 Å². The van der Waals surface area contributed by atoms with Crippen LogP contribution in [0.2, 0.25) is 0 Å². The second-order valence-electron chi connectivity index (χ2n) is 6.76. The van der Waals surface area contributed by atoms with Crippen molar-refractivity contribution in [2.24, 2.45) is 0 Å². The average Bonchev–Trinajstić information content (AvgIpc) is 3.09. The van der Waals surface area contributed by atoms with E-state index in [9.17, 15) is 18.0 Å². The zero-order valence-corrected chi connectivity index (χ0v) is 17.6. The fourth-order valence-electron chi connectivity index (χ4n) is 3.00. The summed E-state index contributed by atoms with van der Waals surface area (Å²) in [6.45, 7) is 0. The number of sulfone groups is 1. The van der Waals surface area contributed by atoms with Gasteiger partial charge in [0.05, 0.1) is 4.90 Å². The molecule has 2 heterocycles. The zero-order chi connectivity index (χ0) is 22.7. The van der Waals surface area contributed by atoms with Gasteiger partial charge in [-0.15, -0.1) is 0 Å². The minimum absolute atomic E-state index is 0.160. The van der Waals surface area contributed by atoms with Gasteiger partial charge in [-0.3, -0.25) is 9.78 Å². The number of hydrogen-bond donors (Lipinski definition) is 3. The molecule has 3 N–H and O–H groups in total. The second-order valence-corrected chi connectivity index (χ2v) is 8.56. The molecule has 0 fully saturated rings.